The van der Waals surface area contributed by atoms with Gasteiger partial charge >= 0.3 is 0 Å². The lowest BCUT2D eigenvalue weighted by Gasteiger charge is -2.14. The van der Waals surface area contributed by atoms with Crippen molar-refractivity contribution in [2.75, 3.05) is 5.75 Å². The van der Waals surface area contributed by atoms with E-state index in [2.05, 4.69) is 20.5 Å². The molecule has 2 aromatic carbocycles. The normalized spacial score (nSPS) is 11.5. The third-order valence-electron chi connectivity index (χ3n) is 4.86. The maximum absolute atomic E-state index is 13.3. The molecule has 2 heterocycles. The fraction of sp³-hybridized carbons (Fsp3) is 0.125. The highest BCUT2D eigenvalue weighted by atomic mass is 32.2. The van der Waals surface area contributed by atoms with Gasteiger partial charge in [-0.2, -0.15) is 5.10 Å². The molecule has 8 heteroatoms. The molecule has 4 rings (SSSR count). The van der Waals surface area contributed by atoms with Gasteiger partial charge in [0, 0.05) is 18.0 Å². The molecule has 0 aliphatic heterocycles. The molecule has 0 aliphatic carbocycles. The number of benzene rings is 2. The second-order valence-corrected chi connectivity index (χ2v) is 8.04. The van der Waals surface area contributed by atoms with Gasteiger partial charge in [0.2, 0.25) is 0 Å². The summed E-state index contributed by atoms with van der Waals surface area (Å²) < 4.78 is 1.57. The van der Waals surface area contributed by atoms with E-state index < -0.39 is 0 Å². The van der Waals surface area contributed by atoms with Crippen molar-refractivity contribution in [3.8, 4) is 5.69 Å². The van der Waals surface area contributed by atoms with Gasteiger partial charge in [-0.25, -0.2) is 10.4 Å². The molecule has 160 valence electrons. The molecular weight excluding hydrogens is 422 g/mol. The van der Waals surface area contributed by atoms with Crippen molar-refractivity contribution in [1.29, 1.82) is 0 Å². The van der Waals surface area contributed by atoms with Crippen molar-refractivity contribution in [2.24, 2.45) is 5.10 Å². The number of hydrogen-bond donors (Lipinski definition) is 1. The zero-order chi connectivity index (χ0) is 22.5. The Morgan fingerprint density at radius 1 is 1.09 bits per heavy atom. The van der Waals surface area contributed by atoms with E-state index in [1.54, 1.807) is 36.0 Å². The van der Waals surface area contributed by atoms with Gasteiger partial charge in [-0.1, -0.05) is 48.2 Å². The number of rotatable bonds is 6. The Kier molecular flexibility index (Phi) is 6.42. The maximum atomic E-state index is 13.3. The third kappa shape index (κ3) is 4.60. The standard InChI is InChI=1S/C24H21N5O2S/c1-16-8-3-6-12-21(16)29-23(31)19-10-4-5-11-20(19)26-24(29)32-15-22(30)28-27-17(2)18-9-7-13-25-14-18/h3-14H,15H2,1-2H3,(H,28,30)/b27-17+. The lowest BCUT2D eigenvalue weighted by Crippen LogP contribution is -2.25. The van der Waals surface area contributed by atoms with Gasteiger partial charge in [0.15, 0.2) is 5.16 Å². The molecule has 0 atom stereocenters. The number of amides is 1. The SMILES string of the molecule is C/C(=N\NC(=O)CSc1nc2ccccc2c(=O)n1-c1ccccc1C)c1cccnc1. The third-order valence-corrected chi connectivity index (χ3v) is 5.80. The Labute approximate surface area is 189 Å². The highest BCUT2D eigenvalue weighted by Gasteiger charge is 2.16. The van der Waals surface area contributed by atoms with Crippen LogP contribution < -0.4 is 11.0 Å². The number of aryl methyl sites for hydroxylation is 1. The van der Waals surface area contributed by atoms with E-state index >= 15 is 0 Å². The topological polar surface area (TPSA) is 89.2 Å². The Morgan fingerprint density at radius 3 is 2.66 bits per heavy atom. The van der Waals surface area contributed by atoms with Crippen molar-refractivity contribution in [3.05, 3.63) is 94.5 Å². The summed E-state index contributed by atoms with van der Waals surface area (Å²) in [5, 5.41) is 5.12. The van der Waals surface area contributed by atoms with Crippen LogP contribution in [0.4, 0.5) is 0 Å². The lowest BCUT2D eigenvalue weighted by atomic mass is 10.2. The summed E-state index contributed by atoms with van der Waals surface area (Å²) in [4.78, 5) is 34.5. The second-order valence-electron chi connectivity index (χ2n) is 7.10. The largest absolute Gasteiger partial charge is 0.272 e. The van der Waals surface area contributed by atoms with Gasteiger partial charge in [-0.05, 0) is 43.7 Å². The molecular formula is C24H21N5O2S. The average molecular weight is 444 g/mol. The second kappa shape index (κ2) is 9.57. The number of carbonyl (C=O) groups is 1. The molecule has 0 spiro atoms. The number of pyridine rings is 1. The van der Waals surface area contributed by atoms with E-state index in [1.165, 1.54) is 11.8 Å². The quantitative estimate of drug-likeness (QED) is 0.212. The summed E-state index contributed by atoms with van der Waals surface area (Å²) in [6.07, 6.45) is 3.36. The first-order valence-corrected chi connectivity index (χ1v) is 11.0. The number of aromatic nitrogens is 3. The number of nitrogens with zero attached hydrogens (tertiary/aromatic N) is 4. The van der Waals surface area contributed by atoms with Crippen LogP contribution in [-0.4, -0.2) is 31.9 Å². The number of hydrogen-bond acceptors (Lipinski definition) is 6. The van der Waals surface area contributed by atoms with E-state index in [-0.39, 0.29) is 17.2 Å². The summed E-state index contributed by atoms with van der Waals surface area (Å²) >= 11 is 1.19. The molecule has 0 saturated carbocycles. The van der Waals surface area contributed by atoms with Gasteiger partial charge in [0.05, 0.1) is 28.1 Å². The minimum Gasteiger partial charge on any atom is -0.272 e. The summed E-state index contributed by atoms with van der Waals surface area (Å²) in [6, 6.07) is 18.5. The smallest absolute Gasteiger partial charge is 0.266 e. The zero-order valence-corrected chi connectivity index (χ0v) is 18.5. The van der Waals surface area contributed by atoms with E-state index in [0.29, 0.717) is 21.8 Å². The van der Waals surface area contributed by atoms with E-state index in [0.717, 1.165) is 16.8 Å². The number of thioether (sulfide) groups is 1. The molecule has 0 unspecified atom stereocenters. The van der Waals surface area contributed by atoms with Crippen LogP contribution in [0.1, 0.15) is 18.1 Å². The first-order valence-electron chi connectivity index (χ1n) is 9.98. The Bertz CT molecular complexity index is 1370. The molecule has 7 nitrogen and oxygen atoms in total. The van der Waals surface area contributed by atoms with Crippen molar-refractivity contribution in [2.45, 2.75) is 19.0 Å². The van der Waals surface area contributed by atoms with Crippen LogP contribution >= 0.6 is 11.8 Å². The lowest BCUT2D eigenvalue weighted by molar-refractivity contribution is -0.118. The predicted molar refractivity (Wildman–Crippen MR) is 127 cm³/mol. The van der Waals surface area contributed by atoms with Crippen LogP contribution in [0, 0.1) is 6.92 Å². The highest BCUT2D eigenvalue weighted by molar-refractivity contribution is 7.99. The number of hydrazone groups is 1. The van der Waals surface area contributed by atoms with Crippen LogP contribution in [0.25, 0.3) is 16.6 Å². The van der Waals surface area contributed by atoms with Crippen LogP contribution in [-0.2, 0) is 4.79 Å². The molecule has 0 saturated heterocycles. The molecule has 2 aromatic heterocycles. The summed E-state index contributed by atoms with van der Waals surface area (Å²) in [7, 11) is 0. The van der Waals surface area contributed by atoms with Crippen molar-refractivity contribution in [3.63, 3.8) is 0 Å². The maximum Gasteiger partial charge on any atom is 0.266 e. The molecule has 0 bridgehead atoms. The molecule has 1 amide bonds. The van der Waals surface area contributed by atoms with Crippen molar-refractivity contribution >= 4 is 34.3 Å². The van der Waals surface area contributed by atoms with Crippen molar-refractivity contribution < 1.29 is 4.79 Å². The number of fused-ring (bicyclic) bond motifs is 1. The predicted octanol–water partition coefficient (Wildman–Crippen LogP) is 3.72. The molecule has 4 aromatic rings. The summed E-state index contributed by atoms with van der Waals surface area (Å²) in [5.74, 6) is -0.238. The number of para-hydroxylation sites is 2. The monoisotopic (exact) mass is 443 g/mol. The fourth-order valence-corrected chi connectivity index (χ4v) is 3.98. The Balaban J connectivity index is 1.61. The first-order chi connectivity index (χ1) is 15.5. The minimum absolute atomic E-state index is 0.0560. The molecule has 32 heavy (non-hydrogen) atoms. The van der Waals surface area contributed by atoms with E-state index in [1.807, 2.05) is 55.5 Å². The van der Waals surface area contributed by atoms with Crippen molar-refractivity contribution in [1.82, 2.24) is 20.0 Å². The van der Waals surface area contributed by atoms with E-state index in [4.69, 9.17) is 0 Å². The van der Waals surface area contributed by atoms with Crippen LogP contribution in [0.2, 0.25) is 0 Å². The molecule has 0 fully saturated rings. The summed E-state index contributed by atoms with van der Waals surface area (Å²) in [5.41, 5.74) is 6.14. The van der Waals surface area contributed by atoms with Gasteiger partial charge in [-0.15, -0.1) is 0 Å². The fourth-order valence-electron chi connectivity index (χ4n) is 3.19. The minimum atomic E-state index is -0.294. The van der Waals surface area contributed by atoms with Crippen LogP contribution in [0.15, 0.2) is 88.1 Å². The van der Waals surface area contributed by atoms with Crippen LogP contribution in [0.3, 0.4) is 0 Å². The van der Waals surface area contributed by atoms with Gasteiger partial charge in [-0.3, -0.25) is 19.1 Å². The average Bonchev–Trinajstić information content (AvgIpc) is 2.82. The van der Waals surface area contributed by atoms with Gasteiger partial charge in [0.1, 0.15) is 0 Å². The molecule has 0 aliphatic rings. The Morgan fingerprint density at radius 2 is 1.88 bits per heavy atom. The Hall–Kier alpha value is -3.78. The number of carbonyl (C=O) groups excluding carboxylic acids is 1. The van der Waals surface area contributed by atoms with E-state index in [9.17, 15) is 9.59 Å². The molecule has 1 N–H and O–H groups in total. The number of nitrogens with one attached hydrogen (secondary N) is 1. The summed E-state index contributed by atoms with van der Waals surface area (Å²) in [6.45, 7) is 3.74. The van der Waals surface area contributed by atoms with Crippen LogP contribution in [0.5, 0.6) is 0 Å². The molecule has 0 radical (unpaired) electrons. The van der Waals surface area contributed by atoms with Gasteiger partial charge in [0.25, 0.3) is 11.5 Å². The highest BCUT2D eigenvalue weighted by Crippen LogP contribution is 2.23. The zero-order valence-electron chi connectivity index (χ0n) is 17.6. The first kappa shape index (κ1) is 21.5. The van der Waals surface area contributed by atoms with Gasteiger partial charge < -0.3 is 0 Å².